The van der Waals surface area contributed by atoms with Crippen molar-refractivity contribution in [2.45, 2.75) is 32.6 Å². The Morgan fingerprint density at radius 3 is 2.65 bits per heavy atom. The lowest BCUT2D eigenvalue weighted by Crippen LogP contribution is -2.23. The second-order valence-corrected chi connectivity index (χ2v) is 7.94. The van der Waals surface area contributed by atoms with Gasteiger partial charge in [0.2, 0.25) is 0 Å². The van der Waals surface area contributed by atoms with Gasteiger partial charge in [0.05, 0.1) is 11.5 Å². The minimum absolute atomic E-state index is 0. The Morgan fingerprint density at radius 1 is 1.06 bits per heavy atom. The topological polar surface area (TPSA) is 82.0 Å². The van der Waals surface area contributed by atoms with Crippen LogP contribution in [0.15, 0.2) is 78.5 Å². The van der Waals surface area contributed by atoms with Crippen LogP contribution < -0.4 is 10.6 Å². The number of hydrogen-bond donors (Lipinski definition) is 2. The van der Waals surface area contributed by atoms with Gasteiger partial charge in [-0.25, -0.2) is 0 Å². The molecule has 31 heavy (non-hydrogen) atoms. The van der Waals surface area contributed by atoms with Crippen molar-refractivity contribution in [2.75, 3.05) is 5.32 Å². The van der Waals surface area contributed by atoms with E-state index in [-0.39, 0.29) is 14.7 Å². The molecular formula is C26H29N3O2. The van der Waals surface area contributed by atoms with Gasteiger partial charge in [0, 0.05) is 25.4 Å². The maximum Gasteiger partial charge on any atom is 0.255 e. The molecule has 160 valence electrons. The molecule has 0 spiro atoms. The number of carbonyl (C=O) groups excluding carboxylic acids is 2. The molecule has 0 saturated carbocycles. The second kappa shape index (κ2) is 9.27. The molecule has 1 aliphatic rings. The van der Waals surface area contributed by atoms with E-state index in [1.54, 1.807) is 36.4 Å². The molecule has 0 radical (unpaired) electrons. The van der Waals surface area contributed by atoms with E-state index < -0.39 is 5.41 Å². The summed E-state index contributed by atoms with van der Waals surface area (Å²) in [5.74, 6) is -0.532. The number of benzene rings is 2. The average molecular weight is 416 g/mol. The third-order valence-corrected chi connectivity index (χ3v) is 5.12. The van der Waals surface area contributed by atoms with E-state index in [4.69, 9.17) is 0 Å². The van der Waals surface area contributed by atoms with Crippen LogP contribution in [0.5, 0.6) is 0 Å². The Labute approximate surface area is 185 Å². The Hall–Kier alpha value is -3.91. The molecule has 2 aromatic rings. The molecule has 0 bridgehead atoms. The second-order valence-electron chi connectivity index (χ2n) is 7.94. The van der Waals surface area contributed by atoms with Gasteiger partial charge >= 0.3 is 0 Å². The largest absolute Gasteiger partial charge is 0.322 e. The van der Waals surface area contributed by atoms with Gasteiger partial charge in [-0.05, 0) is 68.7 Å². The molecule has 0 atom stereocenters. The molecule has 5 nitrogen and oxygen atoms in total. The standard InChI is InChI=1S/C26H25N3O2.2H2/c1-18-13-14-22(16-23(18)25(31)28-21-11-6-4-5-7-12-21)29-24(30)19-9-8-10-20(15-19)26(2,3)17-27;;/h4-6,8-16H,7H2,1-3H3,(H,28,31)(H,29,30);2*1H. The van der Waals surface area contributed by atoms with Crippen LogP contribution in [0, 0.1) is 18.3 Å². The Morgan fingerprint density at radius 2 is 1.87 bits per heavy atom. The van der Waals surface area contributed by atoms with Crippen LogP contribution in [-0.4, -0.2) is 11.8 Å². The van der Waals surface area contributed by atoms with E-state index in [9.17, 15) is 14.9 Å². The SMILES string of the molecule is Cc1ccc(NC(=O)c2cccc(C(C)(C)C#N)c2)cc1C(=O)NC1=CCC=CC=C1.[HH].[HH]. The Balaban J connectivity index is 0.00000272. The Kier molecular flexibility index (Phi) is 6.52. The molecule has 0 unspecified atom stereocenters. The zero-order chi connectivity index (χ0) is 22.4. The lowest BCUT2D eigenvalue weighted by atomic mass is 9.85. The molecule has 0 aromatic heterocycles. The summed E-state index contributed by atoms with van der Waals surface area (Å²) >= 11 is 0. The molecule has 2 N–H and O–H groups in total. The fourth-order valence-electron chi connectivity index (χ4n) is 3.13. The minimum Gasteiger partial charge on any atom is -0.322 e. The van der Waals surface area contributed by atoms with Crippen LogP contribution >= 0.6 is 0 Å². The summed E-state index contributed by atoms with van der Waals surface area (Å²) in [6, 6.07) is 14.5. The summed E-state index contributed by atoms with van der Waals surface area (Å²) in [4.78, 5) is 25.6. The van der Waals surface area contributed by atoms with E-state index >= 15 is 0 Å². The maximum absolute atomic E-state index is 12.8. The third-order valence-electron chi connectivity index (χ3n) is 5.12. The third kappa shape index (κ3) is 5.37. The zero-order valence-corrected chi connectivity index (χ0v) is 17.9. The highest BCUT2D eigenvalue weighted by Crippen LogP contribution is 2.24. The average Bonchev–Trinajstić information content (AvgIpc) is 3.03. The quantitative estimate of drug-likeness (QED) is 0.660. The van der Waals surface area contributed by atoms with Crippen LogP contribution in [-0.2, 0) is 5.41 Å². The number of aryl methyl sites for hydroxylation is 1. The van der Waals surface area contributed by atoms with E-state index in [2.05, 4.69) is 16.7 Å². The number of nitrogens with one attached hydrogen (secondary N) is 2. The molecule has 2 aromatic carbocycles. The van der Waals surface area contributed by atoms with Gasteiger partial charge < -0.3 is 10.6 Å². The fraction of sp³-hybridized carbons (Fsp3) is 0.192. The number of nitriles is 1. The molecule has 5 heteroatoms. The van der Waals surface area contributed by atoms with Gasteiger partial charge in [-0.2, -0.15) is 5.26 Å². The van der Waals surface area contributed by atoms with E-state index in [1.807, 2.05) is 57.2 Å². The number of hydrogen-bond acceptors (Lipinski definition) is 3. The van der Waals surface area contributed by atoms with E-state index in [0.29, 0.717) is 16.8 Å². The van der Waals surface area contributed by atoms with E-state index in [0.717, 1.165) is 23.2 Å². The summed E-state index contributed by atoms with van der Waals surface area (Å²) in [5, 5.41) is 15.1. The number of nitrogens with zero attached hydrogens (tertiary/aromatic N) is 1. The maximum atomic E-state index is 12.8. The molecule has 2 amide bonds. The van der Waals surface area contributed by atoms with Crippen molar-refractivity contribution in [1.82, 2.24) is 5.32 Å². The van der Waals surface area contributed by atoms with Crippen molar-refractivity contribution in [3.63, 3.8) is 0 Å². The first-order valence-corrected chi connectivity index (χ1v) is 10.1. The lowest BCUT2D eigenvalue weighted by Gasteiger charge is -2.16. The normalized spacial score (nSPS) is 13.0. The smallest absolute Gasteiger partial charge is 0.255 e. The molecule has 0 aliphatic heterocycles. The summed E-state index contributed by atoms with van der Waals surface area (Å²) < 4.78 is 0. The first kappa shape index (κ1) is 21.8. The first-order valence-electron chi connectivity index (χ1n) is 10.1. The van der Waals surface area contributed by atoms with Gasteiger partial charge in [0.25, 0.3) is 11.8 Å². The highest BCUT2D eigenvalue weighted by Gasteiger charge is 2.21. The molecule has 1 aliphatic carbocycles. The predicted octanol–water partition coefficient (Wildman–Crippen LogP) is 5.67. The van der Waals surface area contributed by atoms with Gasteiger partial charge in [0.15, 0.2) is 0 Å². The van der Waals surface area contributed by atoms with Crippen LogP contribution in [0.25, 0.3) is 0 Å². The first-order chi connectivity index (χ1) is 14.8. The van der Waals surface area contributed by atoms with Crippen molar-refractivity contribution in [3.05, 3.63) is 101 Å². The number of allylic oxidation sites excluding steroid dienone is 5. The van der Waals surface area contributed by atoms with Crippen molar-refractivity contribution >= 4 is 17.5 Å². The van der Waals surface area contributed by atoms with Gasteiger partial charge in [-0.1, -0.05) is 42.5 Å². The van der Waals surface area contributed by atoms with Crippen LogP contribution in [0.3, 0.4) is 0 Å². The van der Waals surface area contributed by atoms with Gasteiger partial charge in [-0.3, -0.25) is 9.59 Å². The highest BCUT2D eigenvalue weighted by atomic mass is 16.2. The lowest BCUT2D eigenvalue weighted by molar-refractivity contribution is 0.0964. The minimum atomic E-state index is -0.692. The van der Waals surface area contributed by atoms with Gasteiger partial charge in [-0.15, -0.1) is 0 Å². The van der Waals surface area contributed by atoms with Gasteiger partial charge in [0.1, 0.15) is 0 Å². The summed E-state index contributed by atoms with van der Waals surface area (Å²) in [7, 11) is 0. The predicted molar refractivity (Wildman–Crippen MR) is 127 cm³/mol. The molecule has 0 heterocycles. The van der Waals surface area contributed by atoms with Crippen molar-refractivity contribution in [1.29, 1.82) is 5.26 Å². The number of carbonyl (C=O) groups is 2. The molecular weight excluding hydrogens is 386 g/mol. The van der Waals surface area contributed by atoms with Crippen molar-refractivity contribution in [2.24, 2.45) is 0 Å². The fourth-order valence-corrected chi connectivity index (χ4v) is 3.13. The van der Waals surface area contributed by atoms with Crippen LogP contribution in [0.2, 0.25) is 0 Å². The zero-order valence-electron chi connectivity index (χ0n) is 17.9. The molecule has 3 rings (SSSR count). The van der Waals surface area contributed by atoms with Crippen LogP contribution in [0.1, 0.15) is 55.0 Å². The summed E-state index contributed by atoms with van der Waals surface area (Å²) in [6.45, 7) is 5.47. The van der Waals surface area contributed by atoms with Crippen LogP contribution in [0.4, 0.5) is 5.69 Å². The summed E-state index contributed by atoms with van der Waals surface area (Å²) in [6.07, 6.45) is 10.4. The van der Waals surface area contributed by atoms with E-state index in [1.165, 1.54) is 0 Å². The Bertz CT molecular complexity index is 1160. The van der Waals surface area contributed by atoms with Crippen molar-refractivity contribution < 1.29 is 12.4 Å². The number of rotatable bonds is 5. The summed E-state index contributed by atoms with van der Waals surface area (Å²) in [5.41, 5.74) is 3.09. The molecule has 0 fully saturated rings. The monoisotopic (exact) mass is 415 g/mol. The van der Waals surface area contributed by atoms with Crippen molar-refractivity contribution in [3.8, 4) is 6.07 Å². The highest BCUT2D eigenvalue weighted by molar-refractivity contribution is 6.05. The number of amides is 2. The molecule has 0 saturated heterocycles. The number of anilines is 1.